The van der Waals surface area contributed by atoms with Crippen LogP contribution in [0.25, 0.3) is 11.5 Å². The van der Waals surface area contributed by atoms with Crippen molar-refractivity contribution in [2.75, 3.05) is 6.54 Å². The third kappa shape index (κ3) is 2.40. The number of halogens is 1. The molecular weight excluding hydrogens is 260 g/mol. The molecule has 2 aromatic heterocycles. The summed E-state index contributed by atoms with van der Waals surface area (Å²) in [5, 5.41) is 3.82. The van der Waals surface area contributed by atoms with E-state index in [1.54, 1.807) is 6.20 Å². The predicted molar refractivity (Wildman–Crippen MR) is 58.0 cm³/mol. The van der Waals surface area contributed by atoms with Gasteiger partial charge < -0.3 is 10.3 Å². The molecule has 2 aromatic rings. The minimum absolute atomic E-state index is 0.492. The van der Waals surface area contributed by atoms with E-state index in [9.17, 15) is 0 Å². The van der Waals surface area contributed by atoms with Crippen LogP contribution in [0.5, 0.6) is 0 Å². The summed E-state index contributed by atoms with van der Waals surface area (Å²) in [4.78, 5) is 8.32. The molecule has 2 N–H and O–H groups in total. The minimum Gasteiger partial charge on any atom is -0.339 e. The van der Waals surface area contributed by atoms with Crippen LogP contribution in [-0.4, -0.2) is 21.7 Å². The van der Waals surface area contributed by atoms with Gasteiger partial charge in [-0.3, -0.25) is 4.98 Å². The predicted octanol–water partition coefficient (Wildman–Crippen LogP) is 1.40. The summed E-state index contributed by atoms with van der Waals surface area (Å²) in [6.45, 7) is 0.495. The average Bonchev–Trinajstić information content (AvgIpc) is 2.68. The number of aromatic nitrogens is 3. The molecule has 0 bridgehead atoms. The van der Waals surface area contributed by atoms with E-state index < -0.39 is 0 Å². The van der Waals surface area contributed by atoms with Crippen LogP contribution >= 0.6 is 15.9 Å². The number of hydrogen-bond donors (Lipinski definition) is 1. The minimum atomic E-state index is 0.492. The lowest BCUT2D eigenvalue weighted by Crippen LogP contribution is -2.02. The normalized spacial score (nSPS) is 10.5. The summed E-state index contributed by atoms with van der Waals surface area (Å²) >= 11 is 3.30. The van der Waals surface area contributed by atoms with Gasteiger partial charge in [-0.2, -0.15) is 4.98 Å². The van der Waals surface area contributed by atoms with Crippen molar-refractivity contribution in [3.63, 3.8) is 0 Å². The second-order valence-electron chi connectivity index (χ2n) is 2.91. The maximum atomic E-state index is 5.38. The fraction of sp³-hybridized carbons (Fsp3) is 0.222. The lowest BCUT2D eigenvalue weighted by Gasteiger charge is -1.92. The highest BCUT2D eigenvalue weighted by Crippen LogP contribution is 2.15. The summed E-state index contributed by atoms with van der Waals surface area (Å²) < 4.78 is 5.91. The zero-order valence-corrected chi connectivity index (χ0v) is 9.44. The molecule has 5 nitrogen and oxygen atoms in total. The molecule has 6 heteroatoms. The van der Waals surface area contributed by atoms with E-state index >= 15 is 0 Å². The van der Waals surface area contributed by atoms with Gasteiger partial charge in [-0.25, -0.2) is 0 Å². The van der Waals surface area contributed by atoms with Gasteiger partial charge in [-0.05, 0) is 28.1 Å². The van der Waals surface area contributed by atoms with Crippen LogP contribution in [0.2, 0.25) is 0 Å². The van der Waals surface area contributed by atoms with Gasteiger partial charge in [0.25, 0.3) is 0 Å². The highest BCUT2D eigenvalue weighted by Gasteiger charge is 2.08. The van der Waals surface area contributed by atoms with Crippen molar-refractivity contribution in [2.24, 2.45) is 5.73 Å². The fourth-order valence-corrected chi connectivity index (χ4v) is 1.33. The Labute approximate surface area is 94.8 Å². The average molecular weight is 269 g/mol. The molecule has 0 spiro atoms. The Kier molecular flexibility index (Phi) is 3.08. The van der Waals surface area contributed by atoms with Gasteiger partial charge in [-0.1, -0.05) is 5.16 Å². The maximum absolute atomic E-state index is 5.38. The number of rotatable bonds is 3. The van der Waals surface area contributed by atoms with Crippen LogP contribution in [0.4, 0.5) is 0 Å². The van der Waals surface area contributed by atoms with E-state index in [2.05, 4.69) is 31.1 Å². The number of nitrogens with zero attached hydrogens (tertiary/aromatic N) is 3. The number of hydrogen-bond acceptors (Lipinski definition) is 5. The molecule has 2 rings (SSSR count). The van der Waals surface area contributed by atoms with Crippen molar-refractivity contribution in [2.45, 2.75) is 6.42 Å². The lowest BCUT2D eigenvalue weighted by molar-refractivity contribution is 0.380. The molecule has 0 aliphatic carbocycles. The van der Waals surface area contributed by atoms with Gasteiger partial charge in [0, 0.05) is 23.6 Å². The molecule has 0 aliphatic rings. The van der Waals surface area contributed by atoms with E-state index in [1.165, 1.54) is 0 Å². The van der Waals surface area contributed by atoms with Gasteiger partial charge in [0.2, 0.25) is 11.7 Å². The van der Waals surface area contributed by atoms with Gasteiger partial charge in [0.15, 0.2) is 0 Å². The zero-order chi connectivity index (χ0) is 10.7. The molecule has 15 heavy (non-hydrogen) atoms. The van der Waals surface area contributed by atoms with E-state index in [1.807, 2.05) is 12.1 Å². The largest absolute Gasteiger partial charge is 0.339 e. The van der Waals surface area contributed by atoms with Crippen LogP contribution in [0.1, 0.15) is 5.89 Å². The third-order valence-corrected chi connectivity index (χ3v) is 2.25. The molecule has 0 unspecified atom stereocenters. The molecule has 78 valence electrons. The maximum Gasteiger partial charge on any atom is 0.228 e. The molecule has 0 saturated heterocycles. The quantitative estimate of drug-likeness (QED) is 0.911. The molecule has 0 radical (unpaired) electrons. The van der Waals surface area contributed by atoms with E-state index in [4.69, 9.17) is 10.3 Å². The van der Waals surface area contributed by atoms with E-state index in [-0.39, 0.29) is 0 Å². The Hall–Kier alpha value is -1.27. The highest BCUT2D eigenvalue weighted by molar-refractivity contribution is 9.10. The Morgan fingerprint density at radius 2 is 2.27 bits per heavy atom. The summed E-state index contributed by atoms with van der Waals surface area (Å²) in [6.07, 6.45) is 2.28. The van der Waals surface area contributed by atoms with Crippen molar-refractivity contribution in [3.8, 4) is 11.5 Å². The molecule has 0 saturated carbocycles. The molecular formula is C9H9BrN4O. The van der Waals surface area contributed by atoms with Crippen molar-refractivity contribution in [3.05, 3.63) is 28.7 Å². The van der Waals surface area contributed by atoms with Crippen molar-refractivity contribution >= 4 is 15.9 Å². The molecule has 2 heterocycles. The summed E-state index contributed by atoms with van der Waals surface area (Å²) in [7, 11) is 0. The van der Waals surface area contributed by atoms with Crippen molar-refractivity contribution < 1.29 is 4.52 Å². The Morgan fingerprint density at radius 1 is 1.40 bits per heavy atom. The van der Waals surface area contributed by atoms with Crippen LogP contribution in [0, 0.1) is 0 Å². The van der Waals surface area contributed by atoms with Crippen LogP contribution in [0.3, 0.4) is 0 Å². The summed E-state index contributed by atoms with van der Waals surface area (Å²) in [6, 6.07) is 3.70. The van der Waals surface area contributed by atoms with E-state index in [0.717, 1.165) is 4.47 Å². The first-order chi connectivity index (χ1) is 7.29. The number of nitrogens with two attached hydrogens (primary N) is 1. The topological polar surface area (TPSA) is 77.8 Å². The number of pyridine rings is 1. The lowest BCUT2D eigenvalue weighted by atomic mass is 10.3. The third-order valence-electron chi connectivity index (χ3n) is 1.78. The molecule has 0 atom stereocenters. The SMILES string of the molecule is NCCc1nc(-c2ccc(Br)cn2)no1. The van der Waals surface area contributed by atoms with E-state index in [0.29, 0.717) is 30.4 Å². The van der Waals surface area contributed by atoms with Gasteiger partial charge >= 0.3 is 0 Å². The first kappa shape index (κ1) is 10.3. The molecule has 0 aromatic carbocycles. The van der Waals surface area contributed by atoms with Crippen LogP contribution < -0.4 is 5.73 Å². The Balaban J connectivity index is 2.25. The summed E-state index contributed by atoms with van der Waals surface area (Å²) in [5.41, 5.74) is 6.06. The van der Waals surface area contributed by atoms with Crippen molar-refractivity contribution in [1.29, 1.82) is 0 Å². The Bertz CT molecular complexity index is 440. The molecule has 0 aliphatic heterocycles. The van der Waals surface area contributed by atoms with Crippen molar-refractivity contribution in [1.82, 2.24) is 15.1 Å². The zero-order valence-electron chi connectivity index (χ0n) is 7.85. The van der Waals surface area contributed by atoms with Gasteiger partial charge in [0.05, 0.1) is 0 Å². The first-order valence-corrected chi connectivity index (χ1v) is 5.23. The molecule has 0 amide bonds. The fourth-order valence-electron chi connectivity index (χ4n) is 1.09. The van der Waals surface area contributed by atoms with Crippen LogP contribution in [-0.2, 0) is 6.42 Å². The monoisotopic (exact) mass is 268 g/mol. The first-order valence-electron chi connectivity index (χ1n) is 4.44. The molecule has 0 fully saturated rings. The van der Waals surface area contributed by atoms with Gasteiger partial charge in [-0.15, -0.1) is 0 Å². The second kappa shape index (κ2) is 4.50. The Morgan fingerprint density at radius 3 is 2.93 bits per heavy atom. The smallest absolute Gasteiger partial charge is 0.228 e. The van der Waals surface area contributed by atoms with Crippen LogP contribution in [0.15, 0.2) is 27.3 Å². The second-order valence-corrected chi connectivity index (χ2v) is 3.83. The van der Waals surface area contributed by atoms with Gasteiger partial charge in [0.1, 0.15) is 5.69 Å². The standard InChI is InChI=1S/C9H9BrN4O/c10-6-1-2-7(12-5-6)9-13-8(3-4-11)15-14-9/h1-2,5H,3-4,11H2. The summed E-state index contributed by atoms with van der Waals surface area (Å²) in [5.74, 6) is 1.03. The highest BCUT2D eigenvalue weighted by atomic mass is 79.9.